The predicted octanol–water partition coefficient (Wildman–Crippen LogP) is 3.91. The van der Waals surface area contributed by atoms with Gasteiger partial charge in [-0.2, -0.15) is 0 Å². The number of rotatable bonds is 2. The molecule has 0 radical (unpaired) electrons. The largest absolute Gasteiger partial charge is 0.385 e. The topological polar surface area (TPSA) is 54.0 Å². The number of aryl methyl sites for hydroxylation is 2. The molecule has 0 unspecified atom stereocenters. The number of hydrogen-bond acceptors (Lipinski definition) is 4. The fourth-order valence-corrected chi connectivity index (χ4v) is 2.96. The molecule has 4 nitrogen and oxygen atoms in total. The number of hydrogen-bond donors (Lipinski definition) is 2. The van der Waals surface area contributed by atoms with E-state index in [1.54, 1.807) is 5.51 Å². The standard InChI is InChI=1S/C14H15N3OS.2ClH/c1-9-13(19-8-16-9)14(18)17-11-4-5-12-10(7-11)3-2-6-15-12;;/h4-5,7-8,15H,2-3,6H2,1H3,(H,17,18);2*1H. The lowest BCUT2D eigenvalue weighted by Crippen LogP contribution is -2.14. The van der Waals surface area contributed by atoms with Gasteiger partial charge in [0.15, 0.2) is 0 Å². The van der Waals surface area contributed by atoms with Gasteiger partial charge in [-0.3, -0.25) is 4.79 Å². The van der Waals surface area contributed by atoms with Crippen molar-refractivity contribution in [1.29, 1.82) is 0 Å². The zero-order chi connectivity index (χ0) is 13.2. The van der Waals surface area contributed by atoms with Gasteiger partial charge < -0.3 is 10.6 Å². The molecule has 0 saturated heterocycles. The van der Waals surface area contributed by atoms with Crippen LogP contribution in [0.4, 0.5) is 11.4 Å². The van der Waals surface area contributed by atoms with Crippen LogP contribution in [0.3, 0.4) is 0 Å². The van der Waals surface area contributed by atoms with Gasteiger partial charge in [0.1, 0.15) is 4.88 Å². The zero-order valence-electron chi connectivity index (χ0n) is 11.5. The molecule has 1 aliphatic rings. The van der Waals surface area contributed by atoms with Crippen LogP contribution in [0.25, 0.3) is 0 Å². The number of carbonyl (C=O) groups is 1. The minimum absolute atomic E-state index is 0. The molecule has 0 fully saturated rings. The maximum absolute atomic E-state index is 12.1. The molecule has 21 heavy (non-hydrogen) atoms. The van der Waals surface area contributed by atoms with Crippen LogP contribution in [0, 0.1) is 6.92 Å². The third-order valence-corrected chi connectivity index (χ3v) is 4.18. The highest BCUT2D eigenvalue weighted by molar-refractivity contribution is 7.12. The summed E-state index contributed by atoms with van der Waals surface area (Å²) >= 11 is 1.37. The number of fused-ring (bicyclic) bond motifs is 1. The molecule has 7 heteroatoms. The number of aromatic nitrogens is 1. The van der Waals surface area contributed by atoms with Crippen molar-refractivity contribution in [2.75, 3.05) is 17.2 Å². The first-order valence-electron chi connectivity index (χ1n) is 6.32. The van der Waals surface area contributed by atoms with E-state index in [2.05, 4.69) is 21.7 Å². The Hall–Kier alpha value is -1.30. The van der Waals surface area contributed by atoms with E-state index in [0.29, 0.717) is 4.88 Å². The molecule has 1 aromatic carbocycles. The number of anilines is 2. The summed E-state index contributed by atoms with van der Waals surface area (Å²) in [5.74, 6) is -0.0799. The minimum atomic E-state index is -0.0799. The number of nitrogens with zero attached hydrogens (tertiary/aromatic N) is 1. The lowest BCUT2D eigenvalue weighted by molar-refractivity contribution is 0.103. The van der Waals surface area contributed by atoms with Crippen LogP contribution in [-0.4, -0.2) is 17.4 Å². The van der Waals surface area contributed by atoms with Crippen molar-refractivity contribution in [2.24, 2.45) is 0 Å². The average molecular weight is 346 g/mol. The number of thiazole rings is 1. The van der Waals surface area contributed by atoms with Crippen LogP contribution in [0.15, 0.2) is 23.7 Å². The Balaban J connectivity index is 0.00000110. The fourth-order valence-electron chi connectivity index (χ4n) is 2.26. The molecule has 114 valence electrons. The monoisotopic (exact) mass is 345 g/mol. The molecule has 0 spiro atoms. The summed E-state index contributed by atoms with van der Waals surface area (Å²) < 4.78 is 0. The molecule has 1 aromatic heterocycles. The second-order valence-electron chi connectivity index (χ2n) is 4.62. The van der Waals surface area contributed by atoms with E-state index in [-0.39, 0.29) is 30.7 Å². The maximum atomic E-state index is 12.1. The van der Waals surface area contributed by atoms with Crippen LogP contribution < -0.4 is 10.6 Å². The van der Waals surface area contributed by atoms with E-state index in [0.717, 1.165) is 30.8 Å². The lowest BCUT2D eigenvalue weighted by atomic mass is 10.0. The molecule has 0 saturated carbocycles. The van der Waals surface area contributed by atoms with Gasteiger partial charge in [-0.1, -0.05) is 0 Å². The molecule has 2 aromatic rings. The summed E-state index contributed by atoms with van der Waals surface area (Å²) in [6.45, 7) is 2.88. The zero-order valence-corrected chi connectivity index (χ0v) is 14.0. The van der Waals surface area contributed by atoms with Crippen LogP contribution in [0.5, 0.6) is 0 Å². The van der Waals surface area contributed by atoms with Crippen molar-refractivity contribution in [3.8, 4) is 0 Å². The molecule has 3 rings (SSSR count). The second-order valence-corrected chi connectivity index (χ2v) is 5.48. The third kappa shape index (κ3) is 3.87. The van der Waals surface area contributed by atoms with Crippen molar-refractivity contribution in [1.82, 2.24) is 4.98 Å². The van der Waals surface area contributed by atoms with E-state index in [1.165, 1.54) is 22.6 Å². The van der Waals surface area contributed by atoms with Crippen LogP contribution in [0.1, 0.15) is 27.3 Å². The molecule has 0 atom stereocenters. The number of carbonyl (C=O) groups excluding carboxylic acids is 1. The summed E-state index contributed by atoms with van der Waals surface area (Å²) in [5.41, 5.74) is 5.77. The lowest BCUT2D eigenvalue weighted by Gasteiger charge is -2.18. The number of nitrogens with one attached hydrogen (secondary N) is 2. The molecular formula is C14H17Cl2N3OS. The van der Waals surface area contributed by atoms with E-state index in [9.17, 15) is 4.79 Å². The highest BCUT2D eigenvalue weighted by atomic mass is 35.5. The molecular weight excluding hydrogens is 329 g/mol. The molecule has 2 heterocycles. The van der Waals surface area contributed by atoms with E-state index in [1.807, 2.05) is 19.1 Å². The minimum Gasteiger partial charge on any atom is -0.385 e. The highest BCUT2D eigenvalue weighted by Gasteiger charge is 2.13. The van der Waals surface area contributed by atoms with E-state index >= 15 is 0 Å². The van der Waals surface area contributed by atoms with Crippen molar-refractivity contribution in [2.45, 2.75) is 19.8 Å². The first-order chi connectivity index (χ1) is 9.24. The summed E-state index contributed by atoms with van der Waals surface area (Å²) in [6.07, 6.45) is 2.20. The quantitative estimate of drug-likeness (QED) is 0.867. The number of halogens is 2. The van der Waals surface area contributed by atoms with Crippen molar-refractivity contribution in [3.63, 3.8) is 0 Å². The Labute approximate surface area is 140 Å². The summed E-state index contributed by atoms with van der Waals surface area (Å²) in [7, 11) is 0. The van der Waals surface area contributed by atoms with Gasteiger partial charge in [-0.25, -0.2) is 4.98 Å². The van der Waals surface area contributed by atoms with E-state index < -0.39 is 0 Å². The normalized spacial score (nSPS) is 12.2. The van der Waals surface area contributed by atoms with Crippen molar-refractivity contribution >= 4 is 53.4 Å². The summed E-state index contributed by atoms with van der Waals surface area (Å²) in [6, 6.07) is 6.02. The molecule has 1 amide bonds. The van der Waals surface area contributed by atoms with Crippen LogP contribution in [0.2, 0.25) is 0 Å². The Kier molecular flexibility index (Phi) is 6.45. The molecule has 2 N–H and O–H groups in total. The highest BCUT2D eigenvalue weighted by Crippen LogP contribution is 2.25. The van der Waals surface area contributed by atoms with E-state index in [4.69, 9.17) is 0 Å². The first kappa shape index (κ1) is 17.8. The van der Waals surface area contributed by atoms with Crippen molar-refractivity contribution < 1.29 is 4.79 Å². The predicted molar refractivity (Wildman–Crippen MR) is 92.6 cm³/mol. The molecule has 1 aliphatic heterocycles. The molecule has 0 bridgehead atoms. The van der Waals surface area contributed by atoms with Crippen LogP contribution in [-0.2, 0) is 6.42 Å². The SMILES string of the molecule is Cc1ncsc1C(=O)Nc1ccc2c(c1)CCCN2.Cl.Cl. The summed E-state index contributed by atoms with van der Waals surface area (Å²) in [4.78, 5) is 16.9. The van der Waals surface area contributed by atoms with Gasteiger partial charge in [-0.15, -0.1) is 36.2 Å². The second kappa shape index (κ2) is 7.64. The van der Waals surface area contributed by atoms with Gasteiger partial charge in [0.05, 0.1) is 11.2 Å². The summed E-state index contributed by atoms with van der Waals surface area (Å²) in [5, 5.41) is 6.30. The Morgan fingerprint density at radius 3 is 2.90 bits per heavy atom. The number of benzene rings is 1. The fraction of sp³-hybridized carbons (Fsp3) is 0.286. The maximum Gasteiger partial charge on any atom is 0.267 e. The Morgan fingerprint density at radius 1 is 1.38 bits per heavy atom. The molecule has 0 aliphatic carbocycles. The average Bonchev–Trinajstić information content (AvgIpc) is 2.85. The third-order valence-electron chi connectivity index (χ3n) is 3.25. The van der Waals surface area contributed by atoms with Gasteiger partial charge in [-0.05, 0) is 43.5 Å². The Bertz CT molecular complexity index is 630. The van der Waals surface area contributed by atoms with Crippen molar-refractivity contribution in [3.05, 3.63) is 39.8 Å². The van der Waals surface area contributed by atoms with Gasteiger partial charge in [0.2, 0.25) is 0 Å². The number of amides is 1. The van der Waals surface area contributed by atoms with Crippen LogP contribution >= 0.6 is 36.2 Å². The Morgan fingerprint density at radius 2 is 2.19 bits per heavy atom. The first-order valence-corrected chi connectivity index (χ1v) is 7.20. The van der Waals surface area contributed by atoms with Gasteiger partial charge in [0, 0.05) is 17.9 Å². The smallest absolute Gasteiger partial charge is 0.267 e. The van der Waals surface area contributed by atoms with Gasteiger partial charge >= 0.3 is 0 Å². The van der Waals surface area contributed by atoms with Gasteiger partial charge in [0.25, 0.3) is 5.91 Å².